The molecule has 0 fully saturated rings. The number of benzene rings is 1. The minimum absolute atomic E-state index is 0.138. The highest BCUT2D eigenvalue weighted by atomic mass is 19.1. The second kappa shape index (κ2) is 7.88. The van der Waals surface area contributed by atoms with Gasteiger partial charge in [0.25, 0.3) is 5.91 Å². The number of pyridine rings is 1. The number of anilines is 2. The van der Waals surface area contributed by atoms with Crippen molar-refractivity contribution in [2.45, 2.75) is 6.92 Å². The van der Waals surface area contributed by atoms with Crippen LogP contribution < -0.4 is 16.0 Å². The highest BCUT2D eigenvalue weighted by Crippen LogP contribution is 2.20. The van der Waals surface area contributed by atoms with Gasteiger partial charge in [-0.15, -0.1) is 0 Å². The molecular weight excluding hydrogens is 299 g/mol. The number of likely N-dealkylation sites (N-methyl/N-ethyl adjacent to an activating group) is 1. The average Bonchev–Trinajstić information content (AvgIpc) is 2.55. The molecule has 0 saturated heterocycles. The third kappa shape index (κ3) is 4.50. The highest BCUT2D eigenvalue weighted by molar-refractivity contribution is 6.00. The molecule has 1 aromatic carbocycles. The Bertz CT molecular complexity index is 706. The first-order chi connectivity index (χ1) is 11.1. The van der Waals surface area contributed by atoms with E-state index in [1.54, 1.807) is 37.3 Å². The van der Waals surface area contributed by atoms with Gasteiger partial charge in [-0.3, -0.25) is 9.59 Å². The Hall–Kier alpha value is -2.96. The predicted molar refractivity (Wildman–Crippen MR) is 84.9 cm³/mol. The SMILES string of the molecule is CCNC(=O)CNC(=O)c1cccnc1Nc1ccccc1F. The number of para-hydroxylation sites is 1. The molecule has 3 N–H and O–H groups in total. The Labute approximate surface area is 133 Å². The lowest BCUT2D eigenvalue weighted by Gasteiger charge is -2.11. The molecule has 120 valence electrons. The molecule has 0 bridgehead atoms. The molecular formula is C16H17FN4O2. The van der Waals surface area contributed by atoms with Gasteiger partial charge < -0.3 is 16.0 Å². The first-order valence-corrected chi connectivity index (χ1v) is 7.13. The maximum Gasteiger partial charge on any atom is 0.255 e. The van der Waals surface area contributed by atoms with Crippen LogP contribution in [0.5, 0.6) is 0 Å². The quantitative estimate of drug-likeness (QED) is 0.759. The number of halogens is 1. The van der Waals surface area contributed by atoms with Gasteiger partial charge in [0, 0.05) is 12.7 Å². The van der Waals surface area contributed by atoms with Crippen LogP contribution in [0.3, 0.4) is 0 Å². The van der Waals surface area contributed by atoms with E-state index in [4.69, 9.17) is 0 Å². The van der Waals surface area contributed by atoms with E-state index >= 15 is 0 Å². The van der Waals surface area contributed by atoms with Gasteiger partial charge in [-0.05, 0) is 31.2 Å². The Morgan fingerprint density at radius 2 is 1.91 bits per heavy atom. The minimum Gasteiger partial charge on any atom is -0.355 e. The fraction of sp³-hybridized carbons (Fsp3) is 0.188. The first-order valence-electron chi connectivity index (χ1n) is 7.13. The van der Waals surface area contributed by atoms with E-state index < -0.39 is 11.7 Å². The van der Waals surface area contributed by atoms with Crippen molar-refractivity contribution in [2.75, 3.05) is 18.4 Å². The van der Waals surface area contributed by atoms with Crippen LogP contribution in [0.1, 0.15) is 17.3 Å². The van der Waals surface area contributed by atoms with Gasteiger partial charge in [0.15, 0.2) is 0 Å². The van der Waals surface area contributed by atoms with Crippen LogP contribution in [0.4, 0.5) is 15.9 Å². The molecule has 1 aromatic heterocycles. The van der Waals surface area contributed by atoms with Gasteiger partial charge in [-0.25, -0.2) is 9.37 Å². The molecule has 2 rings (SSSR count). The van der Waals surface area contributed by atoms with Crippen LogP contribution in [0.25, 0.3) is 0 Å². The molecule has 0 aliphatic heterocycles. The third-order valence-electron chi connectivity index (χ3n) is 2.96. The normalized spacial score (nSPS) is 10.0. The topological polar surface area (TPSA) is 83.1 Å². The largest absolute Gasteiger partial charge is 0.355 e. The average molecular weight is 316 g/mol. The summed E-state index contributed by atoms with van der Waals surface area (Å²) < 4.78 is 13.7. The van der Waals surface area contributed by atoms with Crippen molar-refractivity contribution in [3.05, 3.63) is 54.0 Å². The smallest absolute Gasteiger partial charge is 0.255 e. The van der Waals surface area contributed by atoms with Crippen molar-refractivity contribution in [3.8, 4) is 0 Å². The summed E-state index contributed by atoms with van der Waals surface area (Å²) in [5.74, 6) is -0.991. The number of hydrogen-bond donors (Lipinski definition) is 3. The van der Waals surface area contributed by atoms with Crippen molar-refractivity contribution in [1.82, 2.24) is 15.6 Å². The van der Waals surface area contributed by atoms with Gasteiger partial charge in [0.05, 0.1) is 17.8 Å². The van der Waals surface area contributed by atoms with E-state index in [0.717, 1.165) is 0 Å². The zero-order valence-electron chi connectivity index (χ0n) is 12.6. The Morgan fingerprint density at radius 3 is 2.65 bits per heavy atom. The number of aromatic nitrogens is 1. The lowest BCUT2D eigenvalue weighted by molar-refractivity contribution is -0.120. The number of carbonyl (C=O) groups excluding carboxylic acids is 2. The zero-order valence-corrected chi connectivity index (χ0v) is 12.6. The minimum atomic E-state index is -0.469. The van der Waals surface area contributed by atoms with Gasteiger partial charge in [-0.1, -0.05) is 12.1 Å². The number of hydrogen-bond acceptors (Lipinski definition) is 4. The molecule has 6 nitrogen and oxygen atoms in total. The van der Waals surface area contributed by atoms with E-state index in [0.29, 0.717) is 6.54 Å². The monoisotopic (exact) mass is 316 g/mol. The molecule has 7 heteroatoms. The van der Waals surface area contributed by atoms with Crippen LogP contribution >= 0.6 is 0 Å². The fourth-order valence-electron chi connectivity index (χ4n) is 1.89. The van der Waals surface area contributed by atoms with Crippen LogP contribution in [0.15, 0.2) is 42.6 Å². The van der Waals surface area contributed by atoms with Crippen molar-refractivity contribution in [3.63, 3.8) is 0 Å². The van der Waals surface area contributed by atoms with E-state index in [2.05, 4.69) is 20.9 Å². The molecule has 1 heterocycles. The fourth-order valence-corrected chi connectivity index (χ4v) is 1.89. The summed E-state index contributed by atoms with van der Waals surface area (Å²) in [5, 5.41) is 7.87. The standard InChI is InChI=1S/C16H17FN4O2/c1-2-18-14(22)10-20-16(23)11-6-5-9-19-15(11)21-13-8-4-3-7-12(13)17/h3-9H,2,10H2,1H3,(H,18,22)(H,19,21)(H,20,23). The molecule has 0 atom stereocenters. The summed E-state index contributed by atoms with van der Waals surface area (Å²) >= 11 is 0. The number of nitrogens with one attached hydrogen (secondary N) is 3. The summed E-state index contributed by atoms with van der Waals surface area (Å²) in [5.41, 5.74) is 0.434. The molecule has 2 aromatic rings. The molecule has 0 radical (unpaired) electrons. The van der Waals surface area contributed by atoms with Crippen LogP contribution in [0, 0.1) is 5.82 Å². The van der Waals surface area contributed by atoms with Gasteiger partial charge >= 0.3 is 0 Å². The number of amides is 2. The Balaban J connectivity index is 2.12. The van der Waals surface area contributed by atoms with Crippen molar-refractivity contribution in [2.24, 2.45) is 0 Å². The molecule has 0 aliphatic carbocycles. The summed E-state index contributed by atoms with van der Waals surface area (Å²) in [6.45, 7) is 2.14. The molecule has 2 amide bonds. The Morgan fingerprint density at radius 1 is 1.13 bits per heavy atom. The summed E-state index contributed by atoms with van der Waals surface area (Å²) in [6.07, 6.45) is 1.49. The maximum absolute atomic E-state index is 13.7. The lowest BCUT2D eigenvalue weighted by Crippen LogP contribution is -2.37. The van der Waals surface area contributed by atoms with E-state index in [1.165, 1.54) is 12.3 Å². The number of carbonyl (C=O) groups is 2. The van der Waals surface area contributed by atoms with Crippen molar-refractivity contribution < 1.29 is 14.0 Å². The molecule has 23 heavy (non-hydrogen) atoms. The molecule has 0 spiro atoms. The van der Waals surface area contributed by atoms with E-state index in [9.17, 15) is 14.0 Å². The van der Waals surface area contributed by atoms with Gasteiger partial charge in [0.2, 0.25) is 5.91 Å². The zero-order chi connectivity index (χ0) is 16.7. The van der Waals surface area contributed by atoms with E-state index in [-0.39, 0.29) is 29.5 Å². The molecule has 0 aliphatic rings. The van der Waals surface area contributed by atoms with Crippen molar-refractivity contribution in [1.29, 1.82) is 0 Å². The van der Waals surface area contributed by atoms with Crippen LogP contribution in [0.2, 0.25) is 0 Å². The van der Waals surface area contributed by atoms with Gasteiger partial charge in [-0.2, -0.15) is 0 Å². The predicted octanol–water partition coefficient (Wildman–Crippen LogP) is 1.83. The van der Waals surface area contributed by atoms with E-state index in [1.807, 2.05) is 0 Å². The number of nitrogens with zero attached hydrogens (tertiary/aromatic N) is 1. The third-order valence-corrected chi connectivity index (χ3v) is 2.96. The maximum atomic E-state index is 13.7. The first kappa shape index (κ1) is 16.4. The lowest BCUT2D eigenvalue weighted by atomic mass is 10.2. The highest BCUT2D eigenvalue weighted by Gasteiger charge is 2.14. The molecule has 0 saturated carbocycles. The second-order valence-electron chi connectivity index (χ2n) is 4.64. The van der Waals surface area contributed by atoms with Gasteiger partial charge in [0.1, 0.15) is 11.6 Å². The Kier molecular flexibility index (Phi) is 5.62. The number of rotatable bonds is 6. The van der Waals surface area contributed by atoms with Crippen LogP contribution in [-0.4, -0.2) is 29.9 Å². The van der Waals surface area contributed by atoms with Crippen molar-refractivity contribution >= 4 is 23.3 Å². The second-order valence-corrected chi connectivity index (χ2v) is 4.64. The summed E-state index contributed by atoms with van der Waals surface area (Å²) in [7, 11) is 0. The summed E-state index contributed by atoms with van der Waals surface area (Å²) in [6, 6.07) is 9.22. The molecule has 0 unspecified atom stereocenters. The van der Waals surface area contributed by atoms with Crippen LogP contribution in [-0.2, 0) is 4.79 Å². The summed E-state index contributed by atoms with van der Waals surface area (Å²) in [4.78, 5) is 27.6.